The molecular weight excluding hydrogens is 266 g/mol. The summed E-state index contributed by atoms with van der Waals surface area (Å²) in [5.74, 6) is 0.0224. The maximum Gasteiger partial charge on any atom is 0.187 e. The number of carbonyl (C=O) groups excluding carboxylic acids is 1. The van der Waals surface area contributed by atoms with Crippen molar-refractivity contribution in [3.8, 4) is 0 Å². The van der Waals surface area contributed by atoms with Gasteiger partial charge in [-0.2, -0.15) is 0 Å². The van der Waals surface area contributed by atoms with E-state index < -0.39 is 0 Å². The zero-order chi connectivity index (χ0) is 14.4. The Hall–Kier alpha value is -2.00. The summed E-state index contributed by atoms with van der Waals surface area (Å²) in [5.41, 5.74) is 0.712. The van der Waals surface area contributed by atoms with Gasteiger partial charge in [0.15, 0.2) is 5.78 Å². The van der Waals surface area contributed by atoms with Gasteiger partial charge in [0.25, 0.3) is 0 Å². The highest BCUT2D eigenvalue weighted by molar-refractivity contribution is 7.99. The summed E-state index contributed by atoms with van der Waals surface area (Å²) >= 11 is 1.66. The lowest BCUT2D eigenvalue weighted by Crippen LogP contribution is -2.03. The number of rotatable bonds is 5. The standard InChI is InChI=1S/C17H17NOS/c1-18(2)12-11-17(19)14-7-6-10-16(13-14)20-15-8-4-3-5-9-15/h3-13H,1-2H3. The predicted molar refractivity (Wildman–Crippen MR) is 84.2 cm³/mol. The molecule has 0 atom stereocenters. The van der Waals surface area contributed by atoms with Gasteiger partial charge in [-0.3, -0.25) is 4.79 Å². The Bertz CT molecular complexity index is 605. The Balaban J connectivity index is 2.14. The van der Waals surface area contributed by atoms with Crippen molar-refractivity contribution >= 4 is 17.5 Å². The van der Waals surface area contributed by atoms with Crippen LogP contribution in [0.5, 0.6) is 0 Å². The highest BCUT2D eigenvalue weighted by atomic mass is 32.2. The molecule has 2 aromatic carbocycles. The van der Waals surface area contributed by atoms with Gasteiger partial charge < -0.3 is 4.90 Å². The van der Waals surface area contributed by atoms with Crippen LogP contribution in [-0.4, -0.2) is 24.8 Å². The summed E-state index contributed by atoms with van der Waals surface area (Å²) in [5, 5.41) is 0. The second-order valence-electron chi connectivity index (χ2n) is 4.59. The molecule has 0 heterocycles. The molecular formula is C17H17NOS. The van der Waals surface area contributed by atoms with Gasteiger partial charge in [0.1, 0.15) is 0 Å². The normalized spacial score (nSPS) is 10.7. The number of hydrogen-bond acceptors (Lipinski definition) is 3. The quantitative estimate of drug-likeness (QED) is 0.609. The number of benzene rings is 2. The molecule has 0 radical (unpaired) electrons. The van der Waals surface area contributed by atoms with Gasteiger partial charge in [0, 0.05) is 41.7 Å². The van der Waals surface area contributed by atoms with Crippen molar-refractivity contribution in [3.63, 3.8) is 0 Å². The van der Waals surface area contributed by atoms with E-state index in [2.05, 4.69) is 12.1 Å². The molecule has 0 amide bonds. The van der Waals surface area contributed by atoms with Crippen LogP contribution < -0.4 is 0 Å². The molecule has 0 unspecified atom stereocenters. The molecule has 2 rings (SSSR count). The molecule has 0 spiro atoms. The average molecular weight is 283 g/mol. The van der Waals surface area contributed by atoms with Crippen LogP contribution in [0, 0.1) is 0 Å². The van der Waals surface area contributed by atoms with Crippen molar-refractivity contribution in [1.29, 1.82) is 0 Å². The average Bonchev–Trinajstić information content (AvgIpc) is 2.46. The van der Waals surface area contributed by atoms with Crippen LogP contribution in [0.1, 0.15) is 10.4 Å². The molecule has 3 heteroatoms. The third-order valence-electron chi connectivity index (χ3n) is 2.62. The van der Waals surface area contributed by atoms with E-state index in [1.807, 2.05) is 61.5 Å². The van der Waals surface area contributed by atoms with Gasteiger partial charge in [0.2, 0.25) is 0 Å². The van der Waals surface area contributed by atoms with E-state index in [4.69, 9.17) is 0 Å². The van der Waals surface area contributed by atoms with Crippen molar-refractivity contribution in [2.24, 2.45) is 0 Å². The smallest absolute Gasteiger partial charge is 0.187 e. The zero-order valence-electron chi connectivity index (χ0n) is 11.6. The van der Waals surface area contributed by atoms with E-state index in [0.29, 0.717) is 5.56 Å². The van der Waals surface area contributed by atoms with Crippen LogP contribution in [0.3, 0.4) is 0 Å². The fraction of sp³-hybridized carbons (Fsp3) is 0.118. The Morgan fingerprint density at radius 2 is 1.70 bits per heavy atom. The molecule has 2 aromatic rings. The zero-order valence-corrected chi connectivity index (χ0v) is 12.4. The summed E-state index contributed by atoms with van der Waals surface area (Å²) in [6.45, 7) is 0. The number of allylic oxidation sites excluding steroid dienone is 1. The summed E-state index contributed by atoms with van der Waals surface area (Å²) < 4.78 is 0. The van der Waals surface area contributed by atoms with Crippen LogP contribution in [0.15, 0.2) is 76.7 Å². The lowest BCUT2D eigenvalue weighted by Gasteiger charge is -2.05. The van der Waals surface area contributed by atoms with Crippen LogP contribution in [0.25, 0.3) is 0 Å². The minimum atomic E-state index is 0.0224. The highest BCUT2D eigenvalue weighted by Crippen LogP contribution is 2.27. The van der Waals surface area contributed by atoms with Gasteiger partial charge in [-0.15, -0.1) is 0 Å². The molecule has 2 nitrogen and oxygen atoms in total. The van der Waals surface area contributed by atoms with E-state index in [1.165, 1.54) is 4.90 Å². The summed E-state index contributed by atoms with van der Waals surface area (Å²) in [7, 11) is 3.79. The van der Waals surface area contributed by atoms with Crippen molar-refractivity contribution < 1.29 is 4.79 Å². The molecule has 0 bridgehead atoms. The van der Waals surface area contributed by atoms with Crippen molar-refractivity contribution in [2.75, 3.05) is 14.1 Å². The lowest BCUT2D eigenvalue weighted by atomic mass is 10.1. The number of hydrogen-bond donors (Lipinski definition) is 0. The Kier molecular flexibility index (Phi) is 5.02. The monoisotopic (exact) mass is 283 g/mol. The second kappa shape index (κ2) is 6.96. The van der Waals surface area contributed by atoms with Crippen LogP contribution >= 0.6 is 11.8 Å². The van der Waals surface area contributed by atoms with E-state index in [-0.39, 0.29) is 5.78 Å². The molecule has 0 aliphatic carbocycles. The fourth-order valence-corrected chi connectivity index (χ4v) is 2.55. The molecule has 0 N–H and O–H groups in total. The van der Waals surface area contributed by atoms with Gasteiger partial charge in [-0.1, -0.05) is 42.1 Å². The summed E-state index contributed by atoms with van der Waals surface area (Å²) in [4.78, 5) is 16.1. The first-order chi connectivity index (χ1) is 9.65. The predicted octanol–water partition coefficient (Wildman–Crippen LogP) is 4.10. The third-order valence-corrected chi connectivity index (χ3v) is 3.62. The van der Waals surface area contributed by atoms with Crippen LogP contribution in [0.4, 0.5) is 0 Å². The van der Waals surface area contributed by atoms with Gasteiger partial charge in [-0.05, 0) is 24.3 Å². The molecule has 0 aliphatic heterocycles. The summed E-state index contributed by atoms with van der Waals surface area (Å²) in [6.07, 6.45) is 3.35. The molecule has 0 fully saturated rings. The topological polar surface area (TPSA) is 20.3 Å². The maximum absolute atomic E-state index is 12.0. The number of nitrogens with zero attached hydrogens (tertiary/aromatic N) is 1. The third kappa shape index (κ3) is 4.28. The molecule has 0 saturated carbocycles. The minimum absolute atomic E-state index is 0.0224. The van der Waals surface area contributed by atoms with Crippen LogP contribution in [0.2, 0.25) is 0 Å². The summed E-state index contributed by atoms with van der Waals surface area (Å²) in [6, 6.07) is 17.9. The van der Waals surface area contributed by atoms with Gasteiger partial charge in [0.05, 0.1) is 0 Å². The van der Waals surface area contributed by atoms with Crippen molar-refractivity contribution in [3.05, 3.63) is 72.4 Å². The largest absolute Gasteiger partial charge is 0.383 e. The maximum atomic E-state index is 12.0. The van der Waals surface area contributed by atoms with Crippen molar-refractivity contribution in [2.45, 2.75) is 9.79 Å². The van der Waals surface area contributed by atoms with E-state index in [1.54, 1.807) is 24.0 Å². The first-order valence-corrected chi connectivity index (χ1v) is 7.19. The SMILES string of the molecule is CN(C)C=CC(=O)c1cccc(Sc2ccccc2)c1. The number of carbonyl (C=O) groups is 1. The van der Waals surface area contributed by atoms with Crippen molar-refractivity contribution in [1.82, 2.24) is 4.90 Å². The Morgan fingerprint density at radius 1 is 1.00 bits per heavy atom. The van der Waals surface area contributed by atoms with Gasteiger partial charge in [-0.25, -0.2) is 0 Å². The molecule has 0 aromatic heterocycles. The Labute approximate surface area is 124 Å². The van der Waals surface area contributed by atoms with E-state index >= 15 is 0 Å². The lowest BCUT2D eigenvalue weighted by molar-refractivity contribution is 0.104. The second-order valence-corrected chi connectivity index (χ2v) is 5.73. The van der Waals surface area contributed by atoms with Crippen LogP contribution in [-0.2, 0) is 0 Å². The molecule has 20 heavy (non-hydrogen) atoms. The van der Waals surface area contributed by atoms with Gasteiger partial charge >= 0.3 is 0 Å². The highest BCUT2D eigenvalue weighted by Gasteiger charge is 2.04. The first kappa shape index (κ1) is 14.4. The molecule has 102 valence electrons. The first-order valence-electron chi connectivity index (χ1n) is 6.37. The van der Waals surface area contributed by atoms with E-state index in [9.17, 15) is 4.79 Å². The fourth-order valence-electron chi connectivity index (χ4n) is 1.65. The minimum Gasteiger partial charge on any atom is -0.383 e. The molecule has 0 aliphatic rings. The number of ketones is 1. The molecule has 0 saturated heterocycles. The van der Waals surface area contributed by atoms with E-state index in [0.717, 1.165) is 4.90 Å². The Morgan fingerprint density at radius 3 is 2.40 bits per heavy atom.